The summed E-state index contributed by atoms with van der Waals surface area (Å²) in [6.45, 7) is 0. The summed E-state index contributed by atoms with van der Waals surface area (Å²) in [5.74, 6) is 1.33. The van der Waals surface area contributed by atoms with Crippen LogP contribution in [0, 0.1) is 0 Å². The predicted octanol–water partition coefficient (Wildman–Crippen LogP) is 6.25. The third-order valence-corrected chi connectivity index (χ3v) is 6.47. The molecule has 2 aromatic rings. The summed E-state index contributed by atoms with van der Waals surface area (Å²) >= 11 is 14.0. The Kier molecular flexibility index (Phi) is 7.34. The zero-order valence-corrected chi connectivity index (χ0v) is 19.3. The van der Waals surface area contributed by atoms with E-state index in [-0.39, 0.29) is 5.78 Å². The van der Waals surface area contributed by atoms with Crippen LogP contribution in [0.25, 0.3) is 0 Å². The first-order valence-electron chi connectivity index (χ1n) is 6.87. The quantitative estimate of drug-likeness (QED) is 0.297. The fraction of sp³-hybridized carbons (Fsp3) is 0.235. The van der Waals surface area contributed by atoms with Gasteiger partial charge in [0.2, 0.25) is 0 Å². The van der Waals surface area contributed by atoms with Gasteiger partial charge in [0.05, 0.1) is 23.2 Å². The largest absolute Gasteiger partial charge is 0.496 e. The van der Waals surface area contributed by atoms with Crippen LogP contribution >= 0.6 is 63.7 Å². The molecule has 0 spiro atoms. The number of hydrogen-bond acceptors (Lipinski definition) is 3. The first-order valence-corrected chi connectivity index (χ1v) is 10.7. The van der Waals surface area contributed by atoms with E-state index in [4.69, 9.17) is 9.47 Å². The van der Waals surface area contributed by atoms with Crippen molar-refractivity contribution >= 4 is 69.5 Å². The SMILES string of the molecule is COc1ccc(C(=O)c2ccc(OC)c(Br)c2CBr)c(CBr)c1Br. The van der Waals surface area contributed by atoms with Gasteiger partial charge in [0.1, 0.15) is 11.5 Å². The van der Waals surface area contributed by atoms with Gasteiger partial charge in [-0.15, -0.1) is 0 Å². The number of ether oxygens (including phenoxy) is 2. The van der Waals surface area contributed by atoms with E-state index in [2.05, 4.69) is 63.7 Å². The molecule has 0 amide bonds. The first kappa shape index (κ1) is 19.9. The van der Waals surface area contributed by atoms with Gasteiger partial charge in [0.15, 0.2) is 5.78 Å². The number of rotatable bonds is 6. The Morgan fingerprint density at radius 3 is 1.50 bits per heavy atom. The molecular formula is C17H14Br4O3. The molecule has 0 fully saturated rings. The lowest BCUT2D eigenvalue weighted by Crippen LogP contribution is -2.09. The summed E-state index contributed by atoms with van der Waals surface area (Å²) in [6.07, 6.45) is 0. The second kappa shape index (κ2) is 8.83. The van der Waals surface area contributed by atoms with Gasteiger partial charge in [-0.1, -0.05) is 31.9 Å². The summed E-state index contributed by atoms with van der Waals surface area (Å²) in [5, 5.41) is 1.07. The number of carbonyl (C=O) groups is 1. The second-order valence-corrected chi connectivity index (χ2v) is 7.52. The second-order valence-electron chi connectivity index (χ2n) is 4.81. The summed E-state index contributed by atoms with van der Waals surface area (Å²) in [5.41, 5.74) is 2.95. The fourth-order valence-electron chi connectivity index (χ4n) is 2.35. The van der Waals surface area contributed by atoms with E-state index in [9.17, 15) is 4.79 Å². The highest BCUT2D eigenvalue weighted by atomic mass is 79.9. The Hall–Kier alpha value is -0.370. The lowest BCUT2D eigenvalue weighted by atomic mass is 9.95. The molecule has 2 aromatic carbocycles. The van der Waals surface area contributed by atoms with Crippen LogP contribution < -0.4 is 9.47 Å². The van der Waals surface area contributed by atoms with Crippen molar-refractivity contribution in [1.29, 1.82) is 0 Å². The van der Waals surface area contributed by atoms with Gasteiger partial charge >= 0.3 is 0 Å². The van der Waals surface area contributed by atoms with E-state index in [0.717, 1.165) is 20.1 Å². The number of ketones is 1. The maximum absolute atomic E-state index is 13.1. The van der Waals surface area contributed by atoms with E-state index in [1.165, 1.54) is 0 Å². The first-order chi connectivity index (χ1) is 11.5. The average Bonchev–Trinajstić information content (AvgIpc) is 2.60. The lowest BCUT2D eigenvalue weighted by molar-refractivity contribution is 0.103. The molecular weight excluding hydrogens is 572 g/mol. The monoisotopic (exact) mass is 582 g/mol. The molecule has 128 valence electrons. The molecule has 0 bridgehead atoms. The molecule has 0 heterocycles. The van der Waals surface area contributed by atoms with Crippen molar-refractivity contribution in [3.05, 3.63) is 55.5 Å². The molecule has 24 heavy (non-hydrogen) atoms. The van der Waals surface area contributed by atoms with Crippen LogP contribution in [0.15, 0.2) is 33.2 Å². The summed E-state index contributed by atoms with van der Waals surface area (Å²) in [4.78, 5) is 13.1. The van der Waals surface area contributed by atoms with Gasteiger partial charge in [-0.2, -0.15) is 0 Å². The van der Waals surface area contributed by atoms with Crippen LogP contribution in [-0.4, -0.2) is 20.0 Å². The standard InChI is InChI=1S/C17H14Br4O3/c1-23-13-5-3-9(11(7-18)15(13)20)17(22)10-4-6-14(24-2)16(21)12(10)8-19/h3-6H,7-8H2,1-2H3. The number of benzene rings is 2. The molecule has 0 aliphatic carbocycles. The highest BCUT2D eigenvalue weighted by Gasteiger charge is 2.22. The molecule has 3 nitrogen and oxygen atoms in total. The Morgan fingerprint density at radius 2 is 1.21 bits per heavy atom. The fourth-order valence-corrected chi connectivity index (χ4v) is 5.56. The van der Waals surface area contributed by atoms with E-state index < -0.39 is 0 Å². The van der Waals surface area contributed by atoms with Crippen molar-refractivity contribution in [3.63, 3.8) is 0 Å². The van der Waals surface area contributed by atoms with Crippen molar-refractivity contribution in [2.24, 2.45) is 0 Å². The number of carbonyl (C=O) groups excluding carboxylic acids is 1. The van der Waals surface area contributed by atoms with Crippen LogP contribution in [0.1, 0.15) is 27.0 Å². The third-order valence-electron chi connectivity index (χ3n) is 3.61. The van der Waals surface area contributed by atoms with Gasteiger partial charge in [0.25, 0.3) is 0 Å². The molecule has 0 aliphatic rings. The Balaban J connectivity index is 2.62. The smallest absolute Gasteiger partial charge is 0.193 e. The Morgan fingerprint density at radius 1 is 0.833 bits per heavy atom. The molecule has 0 aliphatic heterocycles. The molecule has 0 saturated carbocycles. The molecule has 0 saturated heterocycles. The van der Waals surface area contributed by atoms with Crippen LogP contribution in [-0.2, 0) is 10.7 Å². The van der Waals surface area contributed by atoms with E-state index >= 15 is 0 Å². The topological polar surface area (TPSA) is 35.5 Å². The average molecular weight is 586 g/mol. The molecule has 7 heteroatoms. The minimum absolute atomic E-state index is 0.0504. The minimum atomic E-state index is -0.0504. The molecule has 0 N–H and O–H groups in total. The van der Waals surface area contributed by atoms with Gasteiger partial charge in [-0.05, 0) is 67.3 Å². The number of halogens is 4. The summed E-state index contributed by atoms with van der Waals surface area (Å²) in [6, 6.07) is 7.16. The van der Waals surface area contributed by atoms with Crippen LogP contribution in [0.5, 0.6) is 11.5 Å². The third kappa shape index (κ3) is 3.74. The number of methoxy groups -OCH3 is 2. The number of hydrogen-bond donors (Lipinski definition) is 0. The number of alkyl halides is 2. The zero-order chi connectivity index (χ0) is 17.9. The molecule has 0 atom stereocenters. The highest BCUT2D eigenvalue weighted by molar-refractivity contribution is 9.11. The van der Waals surface area contributed by atoms with Crippen LogP contribution in [0.3, 0.4) is 0 Å². The zero-order valence-electron chi connectivity index (χ0n) is 13.0. The van der Waals surface area contributed by atoms with Gasteiger partial charge in [-0.3, -0.25) is 4.79 Å². The van der Waals surface area contributed by atoms with E-state index in [1.54, 1.807) is 38.5 Å². The van der Waals surface area contributed by atoms with Crippen molar-refractivity contribution < 1.29 is 14.3 Å². The summed E-state index contributed by atoms with van der Waals surface area (Å²) in [7, 11) is 3.20. The van der Waals surface area contributed by atoms with Crippen LogP contribution in [0.4, 0.5) is 0 Å². The molecule has 0 radical (unpaired) electrons. The van der Waals surface area contributed by atoms with Gasteiger partial charge < -0.3 is 9.47 Å². The minimum Gasteiger partial charge on any atom is -0.496 e. The van der Waals surface area contributed by atoms with E-state index in [0.29, 0.717) is 33.3 Å². The predicted molar refractivity (Wildman–Crippen MR) is 110 cm³/mol. The van der Waals surface area contributed by atoms with Crippen LogP contribution in [0.2, 0.25) is 0 Å². The highest BCUT2D eigenvalue weighted by Crippen LogP contribution is 2.37. The maximum Gasteiger partial charge on any atom is 0.193 e. The van der Waals surface area contributed by atoms with Crippen molar-refractivity contribution in [1.82, 2.24) is 0 Å². The van der Waals surface area contributed by atoms with Gasteiger partial charge in [-0.25, -0.2) is 0 Å². The molecule has 0 unspecified atom stereocenters. The van der Waals surface area contributed by atoms with Gasteiger partial charge in [0, 0.05) is 21.8 Å². The normalized spacial score (nSPS) is 10.6. The lowest BCUT2D eigenvalue weighted by Gasteiger charge is -2.15. The van der Waals surface area contributed by atoms with Crippen molar-refractivity contribution in [3.8, 4) is 11.5 Å². The van der Waals surface area contributed by atoms with Crippen molar-refractivity contribution in [2.45, 2.75) is 10.7 Å². The van der Waals surface area contributed by atoms with Crippen molar-refractivity contribution in [2.75, 3.05) is 14.2 Å². The Labute approximate surface area is 174 Å². The molecule has 0 aromatic heterocycles. The molecule has 2 rings (SSSR count). The summed E-state index contributed by atoms with van der Waals surface area (Å²) < 4.78 is 12.2. The maximum atomic E-state index is 13.1. The Bertz CT molecular complexity index is 711. The van der Waals surface area contributed by atoms with E-state index in [1.807, 2.05) is 0 Å².